The Hall–Kier alpha value is -14.9. The van der Waals surface area contributed by atoms with Gasteiger partial charge in [-0.15, -0.1) is 0 Å². The van der Waals surface area contributed by atoms with Crippen LogP contribution in [0.1, 0.15) is 188 Å². The summed E-state index contributed by atoms with van der Waals surface area (Å²) in [5, 5.41) is 30.5. The number of ketones is 1. The van der Waals surface area contributed by atoms with Crippen LogP contribution in [0.5, 0.6) is 0 Å². The van der Waals surface area contributed by atoms with Crippen LogP contribution in [-0.4, -0.2) is 130 Å². The van der Waals surface area contributed by atoms with Gasteiger partial charge < -0.3 is 82.4 Å². The number of carboxylic acid groups (broad SMARTS) is 2. The summed E-state index contributed by atoms with van der Waals surface area (Å²) in [4.78, 5) is 130. The molecule has 10 aromatic carbocycles. The SMILES string of the molecule is CC(=O)OCc1ccccc1.CC(C)(C)OC(=O)NC(CNC(=O)c1cccc(CC(=O)OCc2ccccc2)c1)Cc1cc(F)ccc1F.CC(C)(C)OC(=O)NC(CNC(=O)c1cccc(N)c1)Cc1cc(F)ccc1F.CC(C)(CN)CCC(=O)CC(Cc1cc(F)ccc1F)NC(=O)OC(C)(C)C.Nc1cccc(C(=O)O)c1.O=C(Cc1cccc(C(=O)O)c1)OCc1ccccc1. The minimum Gasteiger partial charge on any atom is -0.478 e. The lowest BCUT2D eigenvalue weighted by molar-refractivity contribution is -0.145. The Kier molecular flexibility index (Phi) is 46.3. The fourth-order valence-corrected chi connectivity index (χ4v) is 12.1. The molecule has 0 aliphatic heterocycles. The Balaban J connectivity index is 0.000000305. The zero-order valence-corrected chi connectivity index (χ0v) is 78.6. The van der Waals surface area contributed by atoms with E-state index in [0.717, 1.165) is 71.3 Å². The van der Waals surface area contributed by atoms with Gasteiger partial charge in [-0.25, -0.2) is 50.3 Å². The van der Waals surface area contributed by atoms with Crippen LogP contribution < -0.4 is 43.8 Å². The Morgan fingerprint density at radius 2 is 0.672 bits per heavy atom. The summed E-state index contributed by atoms with van der Waals surface area (Å²) in [5.41, 5.74) is 20.5. The van der Waals surface area contributed by atoms with Crippen molar-refractivity contribution in [3.8, 4) is 0 Å². The quantitative estimate of drug-likeness (QED) is 0.00790. The maximum Gasteiger partial charge on any atom is 0.407 e. The summed E-state index contributed by atoms with van der Waals surface area (Å²) in [6.07, 6.45) is -1.39. The van der Waals surface area contributed by atoms with Gasteiger partial charge in [-0.3, -0.25) is 28.8 Å². The number of benzene rings is 10. The van der Waals surface area contributed by atoms with Gasteiger partial charge in [0.15, 0.2) is 0 Å². The first-order chi connectivity index (χ1) is 64.5. The number of halogens is 6. The summed E-state index contributed by atoms with van der Waals surface area (Å²) in [7, 11) is 0. The van der Waals surface area contributed by atoms with Gasteiger partial charge in [0.05, 0.1) is 36.1 Å². The summed E-state index contributed by atoms with van der Waals surface area (Å²) >= 11 is 0. The number of nitrogen functional groups attached to an aromatic ring is 2. The summed E-state index contributed by atoms with van der Waals surface area (Å²) in [6, 6.07) is 60.6. The number of nitrogens with two attached hydrogens (primary N) is 3. The number of Topliss-reactive ketones (excluding diaryl/α,β-unsaturated/α-hetero) is 1. The number of amides is 5. The van der Waals surface area contributed by atoms with E-state index in [-0.39, 0.29) is 121 Å². The molecule has 33 heteroatoms. The third kappa shape index (κ3) is 48.0. The second-order valence-corrected chi connectivity index (χ2v) is 35.1. The first-order valence-corrected chi connectivity index (χ1v) is 43.5. The minimum atomic E-state index is -1.01. The number of rotatable bonds is 33. The van der Waals surface area contributed by atoms with Crippen LogP contribution in [0.2, 0.25) is 0 Å². The average Bonchev–Trinajstić information content (AvgIpc) is 0.863. The van der Waals surface area contributed by atoms with E-state index in [9.17, 15) is 79.1 Å². The molecule has 732 valence electrons. The molecule has 27 nitrogen and oxygen atoms in total. The number of anilines is 2. The zero-order valence-electron chi connectivity index (χ0n) is 78.6. The first kappa shape index (κ1) is 113. The number of hydrogen-bond acceptors (Lipinski definition) is 20. The van der Waals surface area contributed by atoms with Gasteiger partial charge in [0.2, 0.25) is 0 Å². The summed E-state index contributed by atoms with van der Waals surface area (Å²) in [6.45, 7) is 21.8. The molecule has 10 aromatic rings. The van der Waals surface area contributed by atoms with Crippen molar-refractivity contribution in [2.45, 2.75) is 189 Å². The normalized spacial score (nSPS) is 11.5. The van der Waals surface area contributed by atoms with Gasteiger partial charge >= 0.3 is 48.1 Å². The number of hydrogen-bond donors (Lipinski definition) is 10. The lowest BCUT2D eigenvalue weighted by atomic mass is 9.86. The first-order valence-electron chi connectivity index (χ1n) is 43.5. The Bertz CT molecular complexity index is 5620. The maximum absolute atomic E-state index is 14.3. The monoisotopic (exact) mass is 1900 g/mol. The van der Waals surface area contributed by atoms with Crippen LogP contribution >= 0.6 is 0 Å². The summed E-state index contributed by atoms with van der Waals surface area (Å²) < 4.78 is 114. The zero-order chi connectivity index (χ0) is 102. The van der Waals surface area contributed by atoms with Crippen LogP contribution in [0.3, 0.4) is 0 Å². The molecule has 13 N–H and O–H groups in total. The summed E-state index contributed by atoms with van der Waals surface area (Å²) in [5.74, 6) is -7.60. The molecule has 0 spiro atoms. The van der Waals surface area contributed by atoms with Gasteiger partial charge in [0, 0.05) is 61.4 Å². The highest BCUT2D eigenvalue weighted by Gasteiger charge is 2.28. The molecule has 0 aliphatic carbocycles. The predicted octanol–water partition coefficient (Wildman–Crippen LogP) is 18.0. The maximum atomic E-state index is 14.3. The highest BCUT2D eigenvalue weighted by molar-refractivity contribution is 5.96. The number of carbonyl (C=O) groups is 11. The molecule has 5 amide bonds. The van der Waals surface area contributed by atoms with Crippen molar-refractivity contribution in [2.24, 2.45) is 11.1 Å². The second-order valence-electron chi connectivity index (χ2n) is 35.1. The van der Waals surface area contributed by atoms with Gasteiger partial charge in [0.25, 0.3) is 11.8 Å². The van der Waals surface area contributed by atoms with E-state index in [0.29, 0.717) is 54.1 Å². The van der Waals surface area contributed by atoms with Crippen LogP contribution in [0.25, 0.3) is 0 Å². The molecule has 10 rings (SSSR count). The van der Waals surface area contributed by atoms with E-state index in [1.54, 1.807) is 129 Å². The molecular weight excluding hydrogens is 1780 g/mol. The van der Waals surface area contributed by atoms with Gasteiger partial charge in [-0.1, -0.05) is 141 Å². The number of ether oxygens (including phenoxy) is 6. The van der Waals surface area contributed by atoms with Crippen molar-refractivity contribution in [1.29, 1.82) is 0 Å². The van der Waals surface area contributed by atoms with Crippen molar-refractivity contribution < 1.29 is 118 Å². The van der Waals surface area contributed by atoms with Gasteiger partial charge in [0.1, 0.15) is 77.3 Å². The molecular formula is C104H120F6N8O19. The number of carbonyl (C=O) groups excluding carboxylic acids is 9. The predicted molar refractivity (Wildman–Crippen MR) is 506 cm³/mol. The second kappa shape index (κ2) is 56.3. The number of nitrogens with one attached hydrogen (secondary N) is 5. The lowest BCUT2D eigenvalue weighted by Crippen LogP contribution is -2.46. The Labute approximate surface area is 793 Å². The standard InChI is InChI=1S/C30H32F2N2O5.C21H25F2N3O3.C21H32F2N2O3.C16H14O4.C9H10O2.C7H7NO2/c1-30(2,3)39-29(37)34-25(17-23-16-24(31)12-13-26(23)32)18-33-28(36)22-11-7-10-21(14-22)15-27(35)38-19-20-8-5-4-6-9-20;1-21(2,3)29-20(28)26-17(11-14-9-15(22)7-8-18(14)23)12-25-19(27)13-5-4-6-16(24)10-13;1-20(2,3)28-19(27)25-16(11-14-10-15(22)6-7-18(14)23)12-17(26)8-9-21(4,5)13-24;17-15(20-11-12-5-2-1-3-6-12)10-13-7-4-8-14(9-13)16(18)19;1-8(10)11-7-9-5-3-2-4-6-9;8-6-3-1-2-5(4-6)7(9)10/h4-14,16,25H,15,17-19H2,1-3H3,(H,33,36)(H,34,37);4-10,17H,11-12,24H2,1-3H3,(H,25,27)(H,26,28);6-7,10,16H,8-9,11-13,24H2,1-5H3,(H,25,27);1-9H,10-11H2,(H,18,19);2-6H,7H2,1H3;1-4H,8H2,(H,9,10). The number of alkyl carbamates (subject to hydrolysis) is 3. The molecule has 3 atom stereocenters. The topological polar surface area (TPSA) is 422 Å². The van der Waals surface area contributed by atoms with E-state index >= 15 is 0 Å². The van der Waals surface area contributed by atoms with Crippen molar-refractivity contribution in [1.82, 2.24) is 26.6 Å². The van der Waals surface area contributed by atoms with Gasteiger partial charge in [-0.2, -0.15) is 0 Å². The molecule has 0 aliphatic rings. The Morgan fingerprint density at radius 1 is 0.365 bits per heavy atom. The van der Waals surface area contributed by atoms with Crippen LogP contribution in [0.4, 0.5) is 52.1 Å². The highest BCUT2D eigenvalue weighted by Crippen LogP contribution is 2.24. The van der Waals surface area contributed by atoms with Gasteiger partial charge in [-0.05, 0) is 260 Å². The molecule has 3 unspecified atom stereocenters. The number of carboxylic acids is 2. The fourth-order valence-electron chi connectivity index (χ4n) is 12.1. The molecule has 0 radical (unpaired) electrons. The Morgan fingerprint density at radius 3 is 1.01 bits per heavy atom. The van der Waals surface area contributed by atoms with E-state index in [1.807, 2.05) is 105 Å². The molecule has 0 saturated carbocycles. The smallest absolute Gasteiger partial charge is 0.407 e. The van der Waals surface area contributed by atoms with E-state index in [1.165, 1.54) is 37.3 Å². The molecule has 137 heavy (non-hydrogen) atoms. The highest BCUT2D eigenvalue weighted by atomic mass is 19.1. The molecule has 0 fully saturated rings. The molecule has 0 saturated heterocycles. The minimum absolute atomic E-state index is 0.00412. The van der Waals surface area contributed by atoms with Crippen LogP contribution in [0.15, 0.2) is 243 Å². The van der Waals surface area contributed by atoms with E-state index in [2.05, 4.69) is 26.6 Å². The molecule has 0 bridgehead atoms. The number of aromatic carboxylic acids is 2. The van der Waals surface area contributed by atoms with Crippen molar-refractivity contribution in [3.63, 3.8) is 0 Å². The third-order valence-corrected chi connectivity index (χ3v) is 18.8. The molecule has 0 aromatic heterocycles. The van der Waals surface area contributed by atoms with Crippen LogP contribution in [-0.2, 0) is 99.5 Å². The van der Waals surface area contributed by atoms with Crippen molar-refractivity contribution in [2.75, 3.05) is 31.1 Å². The number of esters is 3. The largest absolute Gasteiger partial charge is 0.478 e. The van der Waals surface area contributed by atoms with E-state index in [4.69, 9.17) is 55.8 Å². The lowest BCUT2D eigenvalue weighted by Gasteiger charge is -2.25. The average molecular weight is 1900 g/mol. The fraction of sp³-hybridized carbons (Fsp3) is 0.317. The van der Waals surface area contributed by atoms with Crippen LogP contribution in [0, 0.1) is 40.3 Å². The third-order valence-electron chi connectivity index (χ3n) is 18.8. The van der Waals surface area contributed by atoms with Crippen molar-refractivity contribution >= 4 is 77.1 Å². The van der Waals surface area contributed by atoms with E-state index < -0.39 is 118 Å². The van der Waals surface area contributed by atoms with Crippen molar-refractivity contribution in [3.05, 3.63) is 344 Å². The molecule has 0 heterocycles.